The topological polar surface area (TPSA) is 109 Å². The fraction of sp³-hybridized carbons (Fsp3) is 0.0769. The minimum absolute atomic E-state index is 0.0776. The summed E-state index contributed by atoms with van der Waals surface area (Å²) < 4.78 is 0. The van der Waals surface area contributed by atoms with Crippen molar-refractivity contribution in [2.75, 3.05) is 0 Å². The zero-order valence-corrected chi connectivity index (χ0v) is 10.8. The third-order valence-electron chi connectivity index (χ3n) is 2.78. The molecule has 0 amide bonds. The molecular weight excluding hydrogens is 272 g/mol. The first-order chi connectivity index (χ1) is 10.2. The zero-order valence-electron chi connectivity index (χ0n) is 10.8. The third-order valence-corrected chi connectivity index (χ3v) is 2.78. The minimum atomic E-state index is -0.512. The summed E-state index contributed by atoms with van der Waals surface area (Å²) in [7, 11) is 0. The van der Waals surface area contributed by atoms with E-state index >= 15 is 0 Å². The summed E-state index contributed by atoms with van der Waals surface area (Å²) in [6.45, 7) is 0.285. The number of azo groups is 1. The van der Waals surface area contributed by atoms with Gasteiger partial charge in [0.2, 0.25) is 0 Å². The Hall–Kier alpha value is -3.16. The Morgan fingerprint density at radius 3 is 2.81 bits per heavy atom. The summed E-state index contributed by atoms with van der Waals surface area (Å²) in [6.07, 6.45) is 1.15. The lowest BCUT2D eigenvalue weighted by atomic mass is 10.3. The molecule has 0 aliphatic carbocycles. The fourth-order valence-corrected chi connectivity index (χ4v) is 1.80. The molecule has 3 rings (SSSR count). The number of aromatic nitrogens is 3. The predicted octanol–water partition coefficient (Wildman–Crippen LogP) is 3.15. The lowest BCUT2D eigenvalue weighted by Gasteiger charge is -1.92. The van der Waals surface area contributed by atoms with Gasteiger partial charge in [-0.25, -0.2) is 9.97 Å². The van der Waals surface area contributed by atoms with Crippen LogP contribution in [0, 0.1) is 10.1 Å². The molecule has 0 aliphatic rings. The molecule has 0 saturated carbocycles. The van der Waals surface area contributed by atoms with Crippen LogP contribution in [0.3, 0.4) is 0 Å². The van der Waals surface area contributed by atoms with E-state index in [-0.39, 0.29) is 12.2 Å². The molecule has 8 heteroatoms. The van der Waals surface area contributed by atoms with Crippen molar-refractivity contribution < 1.29 is 4.92 Å². The number of para-hydroxylation sites is 2. The molecule has 0 bridgehead atoms. The summed E-state index contributed by atoms with van der Waals surface area (Å²) in [4.78, 5) is 21.3. The van der Waals surface area contributed by atoms with Crippen LogP contribution in [-0.2, 0) is 6.54 Å². The molecule has 21 heavy (non-hydrogen) atoms. The van der Waals surface area contributed by atoms with Gasteiger partial charge in [-0.05, 0) is 18.2 Å². The number of benzene rings is 1. The molecule has 0 radical (unpaired) electrons. The number of rotatable bonds is 4. The Labute approximate surface area is 118 Å². The van der Waals surface area contributed by atoms with Crippen LogP contribution >= 0.6 is 0 Å². The number of pyridine rings is 1. The molecule has 0 unspecified atom stereocenters. The number of H-pyrrole nitrogens is 1. The first kappa shape index (κ1) is 12.9. The van der Waals surface area contributed by atoms with Crippen molar-refractivity contribution in [2.45, 2.75) is 6.54 Å². The Kier molecular flexibility index (Phi) is 3.34. The van der Waals surface area contributed by atoms with Crippen molar-refractivity contribution in [3.63, 3.8) is 0 Å². The second-order valence-corrected chi connectivity index (χ2v) is 4.23. The van der Waals surface area contributed by atoms with Gasteiger partial charge in [-0.2, -0.15) is 5.11 Å². The van der Waals surface area contributed by atoms with E-state index in [1.54, 1.807) is 0 Å². The van der Waals surface area contributed by atoms with Crippen LogP contribution in [0.5, 0.6) is 0 Å². The van der Waals surface area contributed by atoms with Gasteiger partial charge in [0.15, 0.2) is 5.82 Å². The fourth-order valence-electron chi connectivity index (χ4n) is 1.80. The van der Waals surface area contributed by atoms with Crippen LogP contribution in [0.25, 0.3) is 11.0 Å². The highest BCUT2D eigenvalue weighted by atomic mass is 16.6. The molecule has 1 aromatic carbocycles. The Morgan fingerprint density at radius 1 is 1.24 bits per heavy atom. The summed E-state index contributed by atoms with van der Waals surface area (Å²) in [6, 6.07) is 10.5. The highest BCUT2D eigenvalue weighted by molar-refractivity contribution is 5.74. The normalized spacial score (nSPS) is 11.2. The molecule has 104 valence electrons. The van der Waals surface area contributed by atoms with Gasteiger partial charge in [0, 0.05) is 6.07 Å². The van der Waals surface area contributed by atoms with Gasteiger partial charge >= 0.3 is 0 Å². The predicted molar refractivity (Wildman–Crippen MR) is 75.2 cm³/mol. The molecule has 1 N–H and O–H groups in total. The smallest absolute Gasteiger partial charge is 0.287 e. The van der Waals surface area contributed by atoms with E-state index in [2.05, 4.69) is 25.2 Å². The van der Waals surface area contributed by atoms with E-state index in [0.717, 1.165) is 17.2 Å². The average molecular weight is 282 g/mol. The van der Waals surface area contributed by atoms with Gasteiger partial charge in [-0.1, -0.05) is 12.1 Å². The van der Waals surface area contributed by atoms with Crippen molar-refractivity contribution in [1.82, 2.24) is 15.0 Å². The molecule has 3 aromatic rings. The van der Waals surface area contributed by atoms with E-state index in [1.165, 1.54) is 12.1 Å². The van der Waals surface area contributed by atoms with Crippen LogP contribution in [0.1, 0.15) is 5.82 Å². The molecule has 0 saturated heterocycles. The lowest BCUT2D eigenvalue weighted by molar-refractivity contribution is -0.385. The summed E-state index contributed by atoms with van der Waals surface area (Å²) in [5.41, 5.74) is 1.73. The number of hydrogen-bond acceptors (Lipinski definition) is 6. The van der Waals surface area contributed by atoms with E-state index in [9.17, 15) is 10.1 Å². The Morgan fingerprint density at radius 2 is 2.10 bits per heavy atom. The van der Waals surface area contributed by atoms with Crippen molar-refractivity contribution in [2.24, 2.45) is 10.2 Å². The zero-order chi connectivity index (χ0) is 14.7. The maximum atomic E-state index is 10.5. The minimum Gasteiger partial charge on any atom is -0.340 e. The summed E-state index contributed by atoms with van der Waals surface area (Å²) in [5.74, 6) is 1.01. The maximum absolute atomic E-state index is 10.5. The first-order valence-electron chi connectivity index (χ1n) is 6.14. The number of imidazole rings is 1. The lowest BCUT2D eigenvalue weighted by Crippen LogP contribution is -1.87. The van der Waals surface area contributed by atoms with Crippen LogP contribution in [0.15, 0.2) is 52.8 Å². The number of hydrogen-bond donors (Lipinski definition) is 1. The number of nitrogens with zero attached hydrogens (tertiary/aromatic N) is 5. The second-order valence-electron chi connectivity index (χ2n) is 4.23. The largest absolute Gasteiger partial charge is 0.340 e. The van der Waals surface area contributed by atoms with E-state index in [0.29, 0.717) is 11.6 Å². The quantitative estimate of drug-likeness (QED) is 0.450. The van der Waals surface area contributed by atoms with Crippen LogP contribution in [-0.4, -0.2) is 19.9 Å². The molecule has 0 spiro atoms. The summed E-state index contributed by atoms with van der Waals surface area (Å²) >= 11 is 0. The average Bonchev–Trinajstić information content (AvgIpc) is 2.90. The van der Waals surface area contributed by atoms with E-state index < -0.39 is 4.92 Å². The summed E-state index contributed by atoms with van der Waals surface area (Å²) in [5, 5.41) is 18.4. The van der Waals surface area contributed by atoms with Gasteiger partial charge in [0.25, 0.3) is 5.69 Å². The molecule has 2 aromatic heterocycles. The maximum Gasteiger partial charge on any atom is 0.287 e. The first-order valence-corrected chi connectivity index (χ1v) is 6.14. The third kappa shape index (κ3) is 2.89. The number of nitrogens with one attached hydrogen (secondary N) is 1. The standard InChI is InChI=1S/C13H10N6O2/c20-19(21)9-5-6-12(14-7-9)18-15-8-13-16-10-3-1-2-4-11(10)17-13/h1-7H,8H2,(H,16,17). The van der Waals surface area contributed by atoms with Gasteiger partial charge in [0.1, 0.15) is 18.6 Å². The molecular formula is C13H10N6O2. The Bertz CT molecular complexity index is 776. The molecule has 0 aliphatic heterocycles. The van der Waals surface area contributed by atoms with Crippen molar-refractivity contribution in [1.29, 1.82) is 0 Å². The molecule has 0 atom stereocenters. The van der Waals surface area contributed by atoms with E-state index in [4.69, 9.17) is 0 Å². The van der Waals surface area contributed by atoms with Crippen molar-refractivity contribution in [3.8, 4) is 0 Å². The van der Waals surface area contributed by atoms with Gasteiger partial charge in [-0.3, -0.25) is 10.1 Å². The van der Waals surface area contributed by atoms with Gasteiger partial charge in [0.05, 0.1) is 16.0 Å². The highest BCUT2D eigenvalue weighted by Crippen LogP contribution is 2.15. The Balaban J connectivity index is 1.70. The van der Waals surface area contributed by atoms with Crippen LogP contribution in [0.2, 0.25) is 0 Å². The van der Waals surface area contributed by atoms with Crippen LogP contribution in [0.4, 0.5) is 11.5 Å². The van der Waals surface area contributed by atoms with Gasteiger partial charge < -0.3 is 4.98 Å². The SMILES string of the molecule is O=[N+]([O-])c1ccc(N=NCc2nc3ccccc3[nH]2)nc1. The number of nitro groups is 1. The van der Waals surface area contributed by atoms with Crippen molar-refractivity contribution in [3.05, 3.63) is 58.5 Å². The number of aromatic amines is 1. The molecule has 8 nitrogen and oxygen atoms in total. The number of fused-ring (bicyclic) bond motifs is 1. The highest BCUT2D eigenvalue weighted by Gasteiger charge is 2.04. The molecule has 0 fully saturated rings. The molecule has 2 heterocycles. The van der Waals surface area contributed by atoms with E-state index in [1.807, 2.05) is 24.3 Å². The second kappa shape index (κ2) is 5.45. The monoisotopic (exact) mass is 282 g/mol. The van der Waals surface area contributed by atoms with Gasteiger partial charge in [-0.15, -0.1) is 5.11 Å². The van der Waals surface area contributed by atoms with Crippen LogP contribution < -0.4 is 0 Å². The van der Waals surface area contributed by atoms with Crippen molar-refractivity contribution >= 4 is 22.5 Å².